The molecule has 50 valence electrons. The summed E-state index contributed by atoms with van der Waals surface area (Å²) in [6, 6.07) is 0. The van der Waals surface area contributed by atoms with E-state index >= 15 is 0 Å². The van der Waals surface area contributed by atoms with Crippen molar-refractivity contribution in [1.82, 2.24) is 0 Å². The average Bonchev–Trinajstić information content (AvgIpc) is 2.21. The quantitative estimate of drug-likeness (QED) is 0.507. The lowest BCUT2D eigenvalue weighted by molar-refractivity contribution is 1.69. The molecule has 0 aromatic rings. The van der Waals surface area contributed by atoms with Crippen LogP contribution in [0.5, 0.6) is 0 Å². The minimum atomic E-state index is 1.03. The third-order valence-corrected chi connectivity index (χ3v) is 2.06. The molecular weight excluding hydrogens is 160 g/mol. The van der Waals surface area contributed by atoms with Crippen molar-refractivity contribution in [2.75, 3.05) is 0 Å². The molecule has 0 aromatic carbocycles. The van der Waals surface area contributed by atoms with Crippen molar-refractivity contribution in [2.45, 2.75) is 0 Å². The van der Waals surface area contributed by atoms with Crippen molar-refractivity contribution >= 4 is 25.3 Å². The predicted molar refractivity (Wildman–Crippen MR) is 50.3 cm³/mol. The van der Waals surface area contributed by atoms with Gasteiger partial charge in [0.25, 0.3) is 0 Å². The van der Waals surface area contributed by atoms with E-state index in [2.05, 4.69) is 25.3 Å². The van der Waals surface area contributed by atoms with E-state index in [9.17, 15) is 0 Å². The predicted octanol–water partition coefficient (Wildman–Crippen LogP) is 2.49. The van der Waals surface area contributed by atoms with Crippen LogP contribution in [-0.4, -0.2) is 0 Å². The first-order valence-electron chi connectivity index (χ1n) is 3.01. The smallest absolute Gasteiger partial charge is 0.00523 e. The Hall–Kier alpha value is -0.340. The van der Waals surface area contributed by atoms with Gasteiger partial charge in [-0.15, -0.1) is 25.3 Å². The van der Waals surface area contributed by atoms with E-state index in [0.717, 1.165) is 9.81 Å². The molecule has 0 aliphatic heterocycles. The maximum Gasteiger partial charge on any atom is 0.00523 e. The summed E-state index contributed by atoms with van der Waals surface area (Å²) in [6.07, 6.45) is 8.16. The molecule has 0 aromatic heterocycles. The normalized spacial score (nSPS) is 21.4. The van der Waals surface area contributed by atoms with E-state index < -0.39 is 0 Å². The molecule has 2 rings (SSSR count). The summed E-state index contributed by atoms with van der Waals surface area (Å²) in [5.41, 5.74) is 2.46. The fourth-order valence-electron chi connectivity index (χ4n) is 1.14. The van der Waals surface area contributed by atoms with Gasteiger partial charge in [0, 0.05) is 9.81 Å². The molecule has 0 saturated heterocycles. The molecule has 2 aliphatic carbocycles. The van der Waals surface area contributed by atoms with Crippen LogP contribution >= 0.6 is 25.3 Å². The van der Waals surface area contributed by atoms with Crippen molar-refractivity contribution in [1.29, 1.82) is 0 Å². The molecule has 0 nitrogen and oxygen atoms in total. The van der Waals surface area contributed by atoms with Crippen molar-refractivity contribution < 1.29 is 0 Å². The van der Waals surface area contributed by atoms with Crippen molar-refractivity contribution in [3.8, 4) is 0 Å². The third kappa shape index (κ3) is 0.879. The molecule has 2 heteroatoms. The molecular formula is C8H6S2. The van der Waals surface area contributed by atoms with Gasteiger partial charge in [0.1, 0.15) is 0 Å². The number of fused-ring (bicyclic) bond motifs is 1. The Morgan fingerprint density at radius 3 is 1.50 bits per heavy atom. The molecule has 0 spiro atoms. The lowest BCUT2D eigenvalue weighted by Gasteiger charge is -1.85. The van der Waals surface area contributed by atoms with Crippen LogP contribution in [0.1, 0.15) is 0 Å². The summed E-state index contributed by atoms with van der Waals surface area (Å²) in [7, 11) is 0. The summed E-state index contributed by atoms with van der Waals surface area (Å²) in [4.78, 5) is 2.05. The lowest BCUT2D eigenvalue weighted by Crippen LogP contribution is -1.67. The van der Waals surface area contributed by atoms with E-state index in [4.69, 9.17) is 0 Å². The largest absolute Gasteiger partial charge is 0.143 e. The first-order chi connectivity index (χ1) is 4.75. The topological polar surface area (TPSA) is 0 Å². The first-order valence-corrected chi connectivity index (χ1v) is 3.90. The van der Waals surface area contributed by atoms with Gasteiger partial charge in [0.05, 0.1) is 0 Å². The highest BCUT2D eigenvalue weighted by Crippen LogP contribution is 2.33. The Morgan fingerprint density at radius 1 is 0.700 bits per heavy atom. The molecule has 0 radical (unpaired) electrons. The highest BCUT2D eigenvalue weighted by molar-refractivity contribution is 7.85. The van der Waals surface area contributed by atoms with Crippen molar-refractivity contribution in [2.24, 2.45) is 0 Å². The highest BCUT2D eigenvalue weighted by atomic mass is 32.1. The van der Waals surface area contributed by atoms with Gasteiger partial charge in [0.2, 0.25) is 0 Å². The van der Waals surface area contributed by atoms with Crippen LogP contribution in [0.25, 0.3) is 0 Å². The minimum absolute atomic E-state index is 1.03. The molecule has 2 aliphatic rings. The Labute approximate surface area is 70.8 Å². The SMILES string of the molecule is SC1=CC2=CC(S)=CC2=C1. The third-order valence-electron chi connectivity index (χ3n) is 1.55. The zero-order chi connectivity index (χ0) is 7.14. The van der Waals surface area contributed by atoms with Gasteiger partial charge < -0.3 is 0 Å². The molecule has 10 heavy (non-hydrogen) atoms. The second-order valence-electron chi connectivity index (χ2n) is 2.34. The van der Waals surface area contributed by atoms with E-state index in [1.165, 1.54) is 11.1 Å². The molecule has 0 atom stereocenters. The van der Waals surface area contributed by atoms with Crippen LogP contribution in [-0.2, 0) is 0 Å². The molecule has 0 bridgehead atoms. The van der Waals surface area contributed by atoms with Gasteiger partial charge in [-0.2, -0.15) is 0 Å². The Bertz CT molecular complexity index is 271. The molecule has 0 heterocycles. The zero-order valence-electron chi connectivity index (χ0n) is 5.20. The average molecular weight is 166 g/mol. The van der Waals surface area contributed by atoms with E-state index in [0.29, 0.717) is 0 Å². The molecule has 0 N–H and O–H groups in total. The Morgan fingerprint density at radius 2 is 1.10 bits per heavy atom. The van der Waals surface area contributed by atoms with Crippen LogP contribution in [0.4, 0.5) is 0 Å². The van der Waals surface area contributed by atoms with Gasteiger partial charge in [-0.05, 0) is 35.5 Å². The summed E-state index contributed by atoms with van der Waals surface area (Å²) in [5.74, 6) is 0. The van der Waals surface area contributed by atoms with Crippen LogP contribution in [0.15, 0.2) is 45.3 Å². The van der Waals surface area contributed by atoms with E-state index in [1.54, 1.807) is 0 Å². The summed E-state index contributed by atoms with van der Waals surface area (Å²) >= 11 is 8.44. The van der Waals surface area contributed by atoms with Crippen LogP contribution in [0.3, 0.4) is 0 Å². The highest BCUT2D eigenvalue weighted by Gasteiger charge is 2.12. The van der Waals surface area contributed by atoms with E-state index in [1.807, 2.05) is 24.3 Å². The van der Waals surface area contributed by atoms with E-state index in [-0.39, 0.29) is 0 Å². The van der Waals surface area contributed by atoms with Crippen LogP contribution < -0.4 is 0 Å². The first kappa shape index (κ1) is 6.38. The second-order valence-corrected chi connectivity index (χ2v) is 3.37. The maximum absolute atomic E-state index is 4.22. The number of thiol groups is 2. The molecule has 0 fully saturated rings. The Balaban J connectivity index is 2.49. The van der Waals surface area contributed by atoms with Gasteiger partial charge in [0.15, 0.2) is 0 Å². The number of rotatable bonds is 0. The van der Waals surface area contributed by atoms with Gasteiger partial charge in [-0.25, -0.2) is 0 Å². The lowest BCUT2D eigenvalue weighted by atomic mass is 10.2. The molecule has 0 saturated carbocycles. The Kier molecular flexibility index (Phi) is 1.32. The molecule has 0 amide bonds. The van der Waals surface area contributed by atoms with Gasteiger partial charge in [-0.1, -0.05) is 0 Å². The number of hydrogen-bond acceptors (Lipinski definition) is 2. The van der Waals surface area contributed by atoms with Gasteiger partial charge >= 0.3 is 0 Å². The number of allylic oxidation sites excluding steroid dienone is 6. The second kappa shape index (κ2) is 2.07. The van der Waals surface area contributed by atoms with Crippen molar-refractivity contribution in [3.63, 3.8) is 0 Å². The zero-order valence-corrected chi connectivity index (χ0v) is 6.99. The minimum Gasteiger partial charge on any atom is -0.143 e. The monoisotopic (exact) mass is 166 g/mol. The maximum atomic E-state index is 4.22. The standard InChI is InChI=1S/C8H6S2/c9-7-1-5-2-8(10)4-6(5)3-7/h1-4,9-10H. The molecule has 0 unspecified atom stereocenters. The fourth-order valence-corrected chi connectivity index (χ4v) is 1.69. The summed E-state index contributed by atoms with van der Waals surface area (Å²) in [6.45, 7) is 0. The van der Waals surface area contributed by atoms with Crippen molar-refractivity contribution in [3.05, 3.63) is 45.3 Å². The van der Waals surface area contributed by atoms with Crippen LogP contribution in [0.2, 0.25) is 0 Å². The summed E-state index contributed by atoms with van der Waals surface area (Å²) < 4.78 is 0. The summed E-state index contributed by atoms with van der Waals surface area (Å²) in [5, 5.41) is 0. The number of hydrogen-bond donors (Lipinski definition) is 2. The van der Waals surface area contributed by atoms with Gasteiger partial charge in [-0.3, -0.25) is 0 Å². The fraction of sp³-hybridized carbons (Fsp3) is 0. The van der Waals surface area contributed by atoms with Crippen LogP contribution in [0, 0.1) is 0 Å².